The number of carbonyl (C=O) groups excluding carboxylic acids is 2. The first-order valence-corrected chi connectivity index (χ1v) is 8.70. The van der Waals surface area contributed by atoms with Gasteiger partial charge in [-0.1, -0.05) is 27.5 Å². The van der Waals surface area contributed by atoms with E-state index in [9.17, 15) is 22.8 Å². The van der Waals surface area contributed by atoms with Gasteiger partial charge < -0.3 is 10.6 Å². The number of hydrogen-bond acceptors (Lipinski definition) is 3. The highest BCUT2D eigenvalue weighted by Gasteiger charge is 2.34. The molecule has 0 aliphatic carbocycles. The Labute approximate surface area is 166 Å². The van der Waals surface area contributed by atoms with Gasteiger partial charge in [-0.3, -0.25) is 14.7 Å². The van der Waals surface area contributed by atoms with Crippen molar-refractivity contribution in [2.24, 2.45) is 0 Å². The number of hydrogen-bond donors (Lipinski definition) is 3. The van der Waals surface area contributed by atoms with Crippen molar-refractivity contribution in [2.45, 2.75) is 32.5 Å². The van der Waals surface area contributed by atoms with E-state index in [1.807, 2.05) is 0 Å². The van der Waals surface area contributed by atoms with Crippen molar-refractivity contribution in [3.05, 3.63) is 44.6 Å². The Kier molecular flexibility index (Phi) is 5.91. The molecule has 0 bridgehead atoms. The minimum absolute atomic E-state index is 0.0309. The molecule has 6 nitrogen and oxygen atoms in total. The van der Waals surface area contributed by atoms with Crippen LogP contribution in [0.25, 0.3) is 0 Å². The first kappa shape index (κ1) is 21.2. The summed E-state index contributed by atoms with van der Waals surface area (Å²) in [4.78, 5) is 24.8. The van der Waals surface area contributed by atoms with E-state index >= 15 is 0 Å². The van der Waals surface area contributed by atoms with E-state index < -0.39 is 34.9 Å². The number of rotatable bonds is 3. The molecule has 2 rings (SSSR count). The first-order chi connectivity index (χ1) is 12.3. The highest BCUT2D eigenvalue weighted by molar-refractivity contribution is 9.10. The van der Waals surface area contributed by atoms with Crippen molar-refractivity contribution in [3.63, 3.8) is 0 Å². The summed E-state index contributed by atoms with van der Waals surface area (Å²) in [6.07, 6.45) is -4.67. The summed E-state index contributed by atoms with van der Waals surface area (Å²) in [6, 6.07) is 3.45. The maximum Gasteiger partial charge on any atom is 0.432 e. The van der Waals surface area contributed by atoms with Crippen molar-refractivity contribution in [1.29, 1.82) is 0 Å². The van der Waals surface area contributed by atoms with Gasteiger partial charge in [-0.25, -0.2) is 0 Å². The van der Waals surface area contributed by atoms with Crippen molar-refractivity contribution in [2.75, 3.05) is 5.32 Å². The molecule has 27 heavy (non-hydrogen) atoms. The number of aromatic amines is 1. The highest BCUT2D eigenvalue weighted by Crippen LogP contribution is 2.32. The summed E-state index contributed by atoms with van der Waals surface area (Å²) in [5.74, 6) is -1.46. The number of H-pyrrole nitrogens is 1. The maximum atomic E-state index is 12.6. The minimum atomic E-state index is -4.67. The first-order valence-electron chi connectivity index (χ1n) is 7.53. The molecule has 0 atom stereocenters. The molecule has 0 spiro atoms. The fourth-order valence-electron chi connectivity index (χ4n) is 2.05. The third kappa shape index (κ3) is 5.46. The van der Waals surface area contributed by atoms with Gasteiger partial charge in [0.2, 0.25) is 0 Å². The van der Waals surface area contributed by atoms with Crippen LogP contribution in [-0.4, -0.2) is 27.6 Å². The molecule has 1 aromatic heterocycles. The number of anilines is 1. The largest absolute Gasteiger partial charge is 0.432 e. The van der Waals surface area contributed by atoms with Crippen LogP contribution in [0.15, 0.2) is 22.7 Å². The van der Waals surface area contributed by atoms with Crippen molar-refractivity contribution in [3.8, 4) is 0 Å². The second-order valence-electron chi connectivity index (χ2n) is 6.63. The van der Waals surface area contributed by atoms with Crippen LogP contribution >= 0.6 is 27.5 Å². The smallest absolute Gasteiger partial charge is 0.347 e. The molecular formula is C16H15BrClF3N4O2. The zero-order valence-electron chi connectivity index (χ0n) is 14.4. The number of amides is 2. The molecule has 0 saturated carbocycles. The number of benzene rings is 1. The Balaban J connectivity index is 2.36. The summed E-state index contributed by atoms with van der Waals surface area (Å²) in [5.41, 5.74) is -2.21. The predicted octanol–water partition coefficient (Wildman–Crippen LogP) is 4.63. The maximum absolute atomic E-state index is 12.6. The molecule has 1 heterocycles. The average molecular weight is 468 g/mol. The number of halogens is 5. The molecule has 3 N–H and O–H groups in total. The number of nitrogens with one attached hydrogen (secondary N) is 3. The lowest BCUT2D eigenvalue weighted by atomic mass is 10.1. The molecule has 0 aliphatic heterocycles. The fourth-order valence-corrected chi connectivity index (χ4v) is 2.90. The van der Waals surface area contributed by atoms with Crippen molar-refractivity contribution >= 4 is 45.0 Å². The van der Waals surface area contributed by atoms with E-state index in [0.717, 1.165) is 0 Å². The molecule has 0 aliphatic rings. The molecule has 0 saturated heterocycles. The van der Waals surface area contributed by atoms with Crippen LogP contribution in [0.2, 0.25) is 5.02 Å². The van der Waals surface area contributed by atoms with Crippen molar-refractivity contribution < 1.29 is 22.8 Å². The van der Waals surface area contributed by atoms with Crippen LogP contribution in [-0.2, 0) is 6.18 Å². The van der Waals surface area contributed by atoms with E-state index in [1.54, 1.807) is 25.9 Å². The lowest BCUT2D eigenvalue weighted by Gasteiger charge is -2.22. The average Bonchev–Trinajstić information content (AvgIpc) is 2.97. The second kappa shape index (κ2) is 7.51. The van der Waals surface area contributed by atoms with Gasteiger partial charge in [-0.05, 0) is 32.9 Å². The molecule has 11 heteroatoms. The minimum Gasteiger partial charge on any atom is -0.347 e. The van der Waals surface area contributed by atoms with Gasteiger partial charge in [-0.2, -0.15) is 18.3 Å². The van der Waals surface area contributed by atoms with Gasteiger partial charge in [0.15, 0.2) is 5.69 Å². The summed E-state index contributed by atoms with van der Waals surface area (Å²) < 4.78 is 38.4. The molecule has 146 valence electrons. The summed E-state index contributed by atoms with van der Waals surface area (Å²) in [7, 11) is 0. The Morgan fingerprint density at radius 3 is 2.30 bits per heavy atom. The molecule has 0 fully saturated rings. The zero-order valence-corrected chi connectivity index (χ0v) is 16.7. The molecule has 0 radical (unpaired) electrons. The zero-order chi connectivity index (χ0) is 20.6. The Morgan fingerprint density at radius 1 is 1.15 bits per heavy atom. The monoisotopic (exact) mass is 466 g/mol. The Hall–Kier alpha value is -2.07. The van der Waals surface area contributed by atoms with E-state index in [-0.39, 0.29) is 16.3 Å². The van der Waals surface area contributed by atoms with Gasteiger partial charge in [0.1, 0.15) is 5.69 Å². The summed E-state index contributed by atoms with van der Waals surface area (Å²) >= 11 is 9.34. The number of alkyl halides is 3. The van der Waals surface area contributed by atoms with Crippen LogP contribution in [0, 0.1) is 0 Å². The molecule has 2 amide bonds. The van der Waals surface area contributed by atoms with E-state index in [0.29, 0.717) is 10.5 Å². The van der Waals surface area contributed by atoms with Crippen LogP contribution < -0.4 is 10.6 Å². The number of aromatic nitrogens is 2. The van der Waals surface area contributed by atoms with Gasteiger partial charge >= 0.3 is 6.18 Å². The van der Waals surface area contributed by atoms with Crippen LogP contribution in [0.5, 0.6) is 0 Å². The van der Waals surface area contributed by atoms with E-state index in [4.69, 9.17) is 11.6 Å². The SMILES string of the molecule is CC(C)(C)NC(=O)c1cc(Br)cc(Cl)c1NC(=O)c1cc(C(F)(F)F)[nH]n1. The Morgan fingerprint density at radius 2 is 1.78 bits per heavy atom. The highest BCUT2D eigenvalue weighted by atomic mass is 79.9. The van der Waals surface area contributed by atoms with Gasteiger partial charge in [0.05, 0.1) is 16.3 Å². The second-order valence-corrected chi connectivity index (χ2v) is 7.96. The van der Waals surface area contributed by atoms with E-state index in [1.165, 1.54) is 12.1 Å². The summed E-state index contributed by atoms with van der Waals surface area (Å²) in [5, 5.41) is 10.2. The quantitative estimate of drug-likeness (QED) is 0.615. The van der Waals surface area contributed by atoms with E-state index in [2.05, 4.69) is 31.7 Å². The number of carbonyl (C=O) groups is 2. The Bertz CT molecular complexity index is 891. The standard InChI is InChI=1S/C16H15BrClF3N4O2/c1-15(2,3)23-13(26)8-4-7(17)5-9(18)12(8)22-14(27)10-6-11(25-24-10)16(19,20)21/h4-6H,1-3H3,(H,22,27)(H,23,26)(H,24,25). The molecule has 2 aromatic rings. The predicted molar refractivity (Wildman–Crippen MR) is 97.9 cm³/mol. The van der Waals surface area contributed by atoms with Gasteiger partial charge in [0.25, 0.3) is 11.8 Å². The lowest BCUT2D eigenvalue weighted by Crippen LogP contribution is -2.41. The van der Waals surface area contributed by atoms with Gasteiger partial charge in [-0.15, -0.1) is 0 Å². The normalized spacial score (nSPS) is 12.0. The van der Waals surface area contributed by atoms with Crippen LogP contribution in [0.3, 0.4) is 0 Å². The molecule has 1 aromatic carbocycles. The topological polar surface area (TPSA) is 86.9 Å². The summed E-state index contributed by atoms with van der Waals surface area (Å²) in [6.45, 7) is 5.31. The molecular weight excluding hydrogens is 453 g/mol. The van der Waals surface area contributed by atoms with Crippen LogP contribution in [0.1, 0.15) is 47.3 Å². The van der Waals surface area contributed by atoms with Crippen molar-refractivity contribution in [1.82, 2.24) is 15.5 Å². The lowest BCUT2D eigenvalue weighted by molar-refractivity contribution is -0.141. The van der Waals surface area contributed by atoms with Gasteiger partial charge in [0, 0.05) is 16.1 Å². The fraction of sp³-hybridized carbons (Fsp3) is 0.312. The third-order valence-electron chi connectivity index (χ3n) is 3.14. The molecule has 0 unspecified atom stereocenters. The third-order valence-corrected chi connectivity index (χ3v) is 3.90. The van der Waals surface area contributed by atoms with Crippen LogP contribution in [0.4, 0.5) is 18.9 Å². The number of nitrogens with zero attached hydrogens (tertiary/aromatic N) is 1.